The maximum atomic E-state index is 12.4. The molecule has 2 aromatic heterocycles. The van der Waals surface area contributed by atoms with Gasteiger partial charge < -0.3 is 9.73 Å². The maximum Gasteiger partial charge on any atom is 0.470 e. The Morgan fingerprint density at radius 1 is 1.15 bits per heavy atom. The maximum absolute atomic E-state index is 12.4. The molecular weight excluding hydrogens is 373 g/mol. The van der Waals surface area contributed by atoms with Gasteiger partial charge in [-0.3, -0.25) is 4.79 Å². The summed E-state index contributed by atoms with van der Waals surface area (Å²) in [7, 11) is 0. The van der Waals surface area contributed by atoms with Crippen molar-refractivity contribution in [3.05, 3.63) is 70.5 Å². The van der Waals surface area contributed by atoms with Crippen molar-refractivity contribution in [1.29, 1.82) is 0 Å². The van der Waals surface area contributed by atoms with Crippen LogP contribution in [-0.2, 0) is 12.6 Å². The zero-order chi connectivity index (χ0) is 18.7. The van der Waals surface area contributed by atoms with Crippen LogP contribution in [0.2, 0.25) is 5.02 Å². The van der Waals surface area contributed by atoms with Crippen molar-refractivity contribution in [1.82, 2.24) is 15.2 Å². The molecule has 0 atom stereocenters. The van der Waals surface area contributed by atoms with Gasteiger partial charge in [0.05, 0.1) is 0 Å². The molecule has 3 aromatic rings. The Kier molecular flexibility index (Phi) is 4.90. The average Bonchev–Trinajstić information content (AvgIpc) is 3.07. The van der Waals surface area contributed by atoms with Gasteiger partial charge in [0, 0.05) is 11.2 Å². The van der Waals surface area contributed by atoms with Crippen LogP contribution in [0.4, 0.5) is 19.0 Å². The zero-order valence-electron chi connectivity index (χ0n) is 12.9. The number of hydrogen-bond acceptors (Lipinski definition) is 5. The van der Waals surface area contributed by atoms with E-state index in [0.717, 1.165) is 11.1 Å². The summed E-state index contributed by atoms with van der Waals surface area (Å²) in [5.41, 5.74) is 1.85. The van der Waals surface area contributed by atoms with Gasteiger partial charge in [0.2, 0.25) is 0 Å². The molecule has 0 aliphatic carbocycles. The second-order valence-electron chi connectivity index (χ2n) is 5.22. The number of anilines is 1. The number of amides is 1. The molecular formula is C16H10ClF3N4O2. The van der Waals surface area contributed by atoms with Crippen molar-refractivity contribution < 1.29 is 22.4 Å². The SMILES string of the molecule is O=C(Nc1ccc(Cc2cccc(Cl)c2)cn1)c1nnc(C(F)(F)F)o1. The van der Waals surface area contributed by atoms with Gasteiger partial charge in [-0.05, 0) is 35.7 Å². The van der Waals surface area contributed by atoms with Crippen LogP contribution < -0.4 is 5.32 Å². The Bertz CT molecular complexity index is 926. The number of benzene rings is 1. The molecule has 1 amide bonds. The number of nitrogens with one attached hydrogen (secondary N) is 1. The van der Waals surface area contributed by atoms with Crippen LogP contribution in [0.15, 0.2) is 47.0 Å². The van der Waals surface area contributed by atoms with Crippen LogP contribution in [0.1, 0.15) is 27.7 Å². The highest BCUT2D eigenvalue weighted by atomic mass is 35.5. The molecule has 0 spiro atoms. The number of hydrogen-bond donors (Lipinski definition) is 1. The van der Waals surface area contributed by atoms with E-state index in [2.05, 4.69) is 24.9 Å². The molecule has 0 fully saturated rings. The summed E-state index contributed by atoms with van der Waals surface area (Å²) in [6, 6.07) is 10.6. The lowest BCUT2D eigenvalue weighted by atomic mass is 10.1. The van der Waals surface area contributed by atoms with Crippen molar-refractivity contribution in [2.75, 3.05) is 5.32 Å². The standard InChI is InChI=1S/C16H10ClF3N4O2/c17-11-3-1-2-9(7-11)6-10-4-5-12(21-8-10)22-13(25)14-23-24-15(26-14)16(18,19)20/h1-5,7-8H,6H2,(H,21,22,25). The average molecular weight is 383 g/mol. The second kappa shape index (κ2) is 7.12. The molecule has 1 N–H and O–H groups in total. The Morgan fingerprint density at radius 2 is 1.96 bits per heavy atom. The van der Waals surface area contributed by atoms with Crippen molar-refractivity contribution in [2.45, 2.75) is 12.6 Å². The number of carbonyl (C=O) groups excluding carboxylic acids is 1. The summed E-state index contributed by atoms with van der Waals surface area (Å²) >= 11 is 5.93. The molecule has 134 valence electrons. The molecule has 6 nitrogen and oxygen atoms in total. The largest absolute Gasteiger partial charge is 0.470 e. The van der Waals surface area contributed by atoms with Gasteiger partial charge in [-0.15, -0.1) is 10.2 Å². The third-order valence-electron chi connectivity index (χ3n) is 3.23. The first-order valence-electron chi connectivity index (χ1n) is 7.23. The van der Waals surface area contributed by atoms with Crippen molar-refractivity contribution in [2.24, 2.45) is 0 Å². The van der Waals surface area contributed by atoms with Gasteiger partial charge in [0.1, 0.15) is 5.82 Å². The normalized spacial score (nSPS) is 11.4. The Morgan fingerprint density at radius 3 is 2.58 bits per heavy atom. The highest BCUT2D eigenvalue weighted by Gasteiger charge is 2.38. The van der Waals surface area contributed by atoms with Crippen LogP contribution in [-0.4, -0.2) is 21.1 Å². The molecule has 0 bridgehead atoms. The van der Waals surface area contributed by atoms with Crippen LogP contribution in [0, 0.1) is 0 Å². The molecule has 0 saturated heterocycles. The molecule has 10 heteroatoms. The fraction of sp³-hybridized carbons (Fsp3) is 0.125. The molecule has 0 aliphatic heterocycles. The molecule has 26 heavy (non-hydrogen) atoms. The fourth-order valence-electron chi connectivity index (χ4n) is 2.08. The predicted octanol–water partition coefficient (Wildman–Crippen LogP) is 3.98. The molecule has 0 saturated carbocycles. The smallest absolute Gasteiger partial charge is 0.409 e. The Balaban J connectivity index is 1.65. The topological polar surface area (TPSA) is 80.9 Å². The second-order valence-corrected chi connectivity index (χ2v) is 5.66. The quantitative estimate of drug-likeness (QED) is 0.738. The van der Waals surface area contributed by atoms with Gasteiger partial charge >= 0.3 is 23.9 Å². The van der Waals surface area contributed by atoms with Crippen LogP contribution >= 0.6 is 11.6 Å². The van der Waals surface area contributed by atoms with Gasteiger partial charge in [-0.25, -0.2) is 4.98 Å². The number of nitrogens with zero attached hydrogens (tertiary/aromatic N) is 3. The number of halogens is 4. The first-order chi connectivity index (χ1) is 12.3. The van der Waals surface area contributed by atoms with E-state index in [9.17, 15) is 18.0 Å². The first kappa shape index (κ1) is 17.9. The lowest BCUT2D eigenvalue weighted by Gasteiger charge is -2.05. The van der Waals surface area contributed by atoms with E-state index in [-0.39, 0.29) is 5.82 Å². The molecule has 0 unspecified atom stereocenters. The number of aromatic nitrogens is 3. The van der Waals surface area contributed by atoms with E-state index < -0.39 is 23.9 Å². The van der Waals surface area contributed by atoms with Crippen molar-refractivity contribution in [3.8, 4) is 0 Å². The van der Waals surface area contributed by atoms with Crippen LogP contribution in [0.5, 0.6) is 0 Å². The lowest BCUT2D eigenvalue weighted by molar-refractivity contribution is -0.157. The summed E-state index contributed by atoms with van der Waals surface area (Å²) in [6.45, 7) is 0. The summed E-state index contributed by atoms with van der Waals surface area (Å²) in [5, 5.41) is 8.77. The minimum absolute atomic E-state index is 0.136. The minimum Gasteiger partial charge on any atom is -0.409 e. The lowest BCUT2D eigenvalue weighted by Crippen LogP contribution is -2.13. The van der Waals surface area contributed by atoms with Crippen LogP contribution in [0.3, 0.4) is 0 Å². The third kappa shape index (κ3) is 4.37. The van der Waals surface area contributed by atoms with Gasteiger partial charge in [0.25, 0.3) is 0 Å². The summed E-state index contributed by atoms with van der Waals surface area (Å²) in [6.07, 6.45) is -2.70. The zero-order valence-corrected chi connectivity index (χ0v) is 13.7. The summed E-state index contributed by atoms with van der Waals surface area (Å²) in [4.78, 5) is 15.9. The summed E-state index contributed by atoms with van der Waals surface area (Å²) < 4.78 is 41.5. The van der Waals surface area contributed by atoms with E-state index in [1.165, 1.54) is 12.3 Å². The highest BCUT2D eigenvalue weighted by Crippen LogP contribution is 2.27. The Labute approximate surface area is 150 Å². The third-order valence-corrected chi connectivity index (χ3v) is 3.46. The van der Waals surface area contributed by atoms with Crippen molar-refractivity contribution in [3.63, 3.8) is 0 Å². The predicted molar refractivity (Wildman–Crippen MR) is 85.7 cm³/mol. The van der Waals surface area contributed by atoms with Crippen LogP contribution in [0.25, 0.3) is 0 Å². The van der Waals surface area contributed by atoms with Gasteiger partial charge in [0.15, 0.2) is 0 Å². The molecule has 1 aromatic carbocycles. The number of alkyl halides is 3. The Hall–Kier alpha value is -2.94. The van der Waals surface area contributed by atoms with Gasteiger partial charge in [-0.2, -0.15) is 13.2 Å². The monoisotopic (exact) mass is 382 g/mol. The molecule has 3 rings (SSSR count). The molecule has 0 aliphatic rings. The number of pyridine rings is 1. The van der Waals surface area contributed by atoms with E-state index >= 15 is 0 Å². The highest BCUT2D eigenvalue weighted by molar-refractivity contribution is 6.30. The molecule has 2 heterocycles. The van der Waals surface area contributed by atoms with E-state index in [4.69, 9.17) is 11.6 Å². The number of rotatable bonds is 4. The van der Waals surface area contributed by atoms with E-state index in [1.54, 1.807) is 12.1 Å². The molecule has 0 radical (unpaired) electrons. The van der Waals surface area contributed by atoms with Gasteiger partial charge in [-0.1, -0.05) is 29.8 Å². The first-order valence-corrected chi connectivity index (χ1v) is 7.60. The fourth-order valence-corrected chi connectivity index (χ4v) is 2.30. The van der Waals surface area contributed by atoms with E-state index in [0.29, 0.717) is 11.4 Å². The minimum atomic E-state index is -4.81. The van der Waals surface area contributed by atoms with E-state index in [1.807, 2.05) is 18.2 Å². The van der Waals surface area contributed by atoms with Crippen molar-refractivity contribution >= 4 is 23.3 Å². The summed E-state index contributed by atoms with van der Waals surface area (Å²) in [5.74, 6) is -3.24. The number of carbonyl (C=O) groups is 1.